The number of carbonyl (C=O) groups excluding carboxylic acids is 1. The summed E-state index contributed by atoms with van der Waals surface area (Å²) in [5.74, 6) is -1.41. The molecule has 1 atom stereocenters. The number of allylic oxidation sites excluding steroid dienone is 1. The monoisotopic (exact) mass is 438 g/mol. The molecule has 1 aliphatic carbocycles. The molecule has 0 fully saturated rings. The molecule has 3 aromatic rings. The Labute approximate surface area is 183 Å². The summed E-state index contributed by atoms with van der Waals surface area (Å²) in [5, 5.41) is 15.5. The Hall–Kier alpha value is -2.96. The van der Waals surface area contributed by atoms with Gasteiger partial charge >= 0.3 is 5.97 Å². The number of nitrogens with zero attached hydrogens (tertiary/aromatic N) is 1. The largest absolute Gasteiger partial charge is 0.480 e. The first kappa shape index (κ1) is 20.3. The van der Waals surface area contributed by atoms with E-state index in [9.17, 15) is 14.7 Å². The fourth-order valence-electron chi connectivity index (χ4n) is 3.49. The second kappa shape index (κ2) is 8.81. The van der Waals surface area contributed by atoms with Crippen molar-refractivity contribution in [2.45, 2.75) is 25.3 Å². The molecule has 4 rings (SSSR count). The Morgan fingerprint density at radius 3 is 2.70 bits per heavy atom. The Bertz CT molecular complexity index is 1120. The first-order chi connectivity index (χ1) is 14.5. The third-order valence-electron chi connectivity index (χ3n) is 4.97. The SMILES string of the molecule is O=C(Cc1csc(-c2ccc(Cl)cc2)n1)N[C@@H](CC1=CCc2ccccc21)C(=O)O. The third kappa shape index (κ3) is 4.61. The standard InChI is InChI=1S/C23H19ClN2O3S/c24-17-9-7-15(8-10-17)22-25-18(13-30-22)12-21(27)26-20(23(28)29)11-16-6-5-14-3-1-2-4-19(14)16/h1-4,6-10,13,20H,5,11-12H2,(H,26,27)(H,28,29)/t20-/m0/s1. The first-order valence-corrected chi connectivity index (χ1v) is 10.7. The highest BCUT2D eigenvalue weighted by molar-refractivity contribution is 7.13. The summed E-state index contributed by atoms with van der Waals surface area (Å²) in [6.07, 6.45) is 3.11. The highest BCUT2D eigenvalue weighted by Gasteiger charge is 2.25. The van der Waals surface area contributed by atoms with E-state index in [1.165, 1.54) is 16.9 Å². The number of benzene rings is 2. The van der Waals surface area contributed by atoms with Crippen LogP contribution >= 0.6 is 22.9 Å². The second-order valence-corrected chi connectivity index (χ2v) is 8.38. The molecule has 7 heteroatoms. The summed E-state index contributed by atoms with van der Waals surface area (Å²) in [6.45, 7) is 0. The van der Waals surface area contributed by atoms with Gasteiger partial charge in [-0.25, -0.2) is 9.78 Å². The molecule has 152 valence electrons. The minimum atomic E-state index is -1.05. The molecule has 2 N–H and O–H groups in total. The number of aliphatic carboxylic acids is 1. The minimum absolute atomic E-state index is 0.0313. The van der Waals surface area contributed by atoms with E-state index in [1.54, 1.807) is 12.1 Å². The van der Waals surface area contributed by atoms with Crippen molar-refractivity contribution in [3.05, 3.63) is 81.8 Å². The number of carboxylic acids is 1. The van der Waals surface area contributed by atoms with Crippen LogP contribution in [0.15, 0.2) is 60.0 Å². The number of rotatable bonds is 7. The van der Waals surface area contributed by atoms with E-state index in [2.05, 4.69) is 10.3 Å². The quantitative estimate of drug-likeness (QED) is 0.564. The molecule has 0 aliphatic heterocycles. The molecule has 1 amide bonds. The number of hydrogen-bond donors (Lipinski definition) is 2. The number of fused-ring (bicyclic) bond motifs is 1. The van der Waals surface area contributed by atoms with Gasteiger partial charge in [-0.05, 0) is 35.3 Å². The van der Waals surface area contributed by atoms with Gasteiger partial charge in [0.25, 0.3) is 0 Å². The van der Waals surface area contributed by atoms with Crippen LogP contribution in [0.25, 0.3) is 16.1 Å². The van der Waals surface area contributed by atoms with Crippen LogP contribution in [0.1, 0.15) is 23.2 Å². The molecule has 1 aromatic heterocycles. The summed E-state index contributed by atoms with van der Waals surface area (Å²) < 4.78 is 0. The molecule has 5 nitrogen and oxygen atoms in total. The van der Waals surface area contributed by atoms with Crippen LogP contribution in [0.3, 0.4) is 0 Å². The molecule has 0 bridgehead atoms. The van der Waals surface area contributed by atoms with Crippen LogP contribution in [0.4, 0.5) is 0 Å². The Morgan fingerprint density at radius 1 is 1.17 bits per heavy atom. The normalized spacial score (nSPS) is 13.4. The van der Waals surface area contributed by atoms with Crippen molar-refractivity contribution in [2.24, 2.45) is 0 Å². The zero-order valence-corrected chi connectivity index (χ0v) is 17.5. The van der Waals surface area contributed by atoms with E-state index in [0.29, 0.717) is 10.7 Å². The summed E-state index contributed by atoms with van der Waals surface area (Å²) >= 11 is 7.35. The van der Waals surface area contributed by atoms with Crippen molar-refractivity contribution < 1.29 is 14.7 Å². The summed E-state index contributed by atoms with van der Waals surface area (Å²) in [4.78, 5) is 28.7. The molecule has 0 spiro atoms. The molecular formula is C23H19ClN2O3S. The van der Waals surface area contributed by atoms with Crippen molar-refractivity contribution in [1.29, 1.82) is 0 Å². The van der Waals surface area contributed by atoms with Gasteiger partial charge in [-0.3, -0.25) is 4.79 Å². The van der Waals surface area contributed by atoms with Crippen molar-refractivity contribution in [3.8, 4) is 10.6 Å². The van der Waals surface area contributed by atoms with E-state index in [-0.39, 0.29) is 18.7 Å². The molecule has 30 heavy (non-hydrogen) atoms. The van der Waals surface area contributed by atoms with Gasteiger partial charge in [-0.1, -0.05) is 54.1 Å². The minimum Gasteiger partial charge on any atom is -0.480 e. The summed E-state index contributed by atoms with van der Waals surface area (Å²) in [7, 11) is 0. The average molecular weight is 439 g/mol. The predicted molar refractivity (Wildman–Crippen MR) is 119 cm³/mol. The van der Waals surface area contributed by atoms with E-state index >= 15 is 0 Å². The van der Waals surface area contributed by atoms with E-state index in [0.717, 1.165) is 28.1 Å². The lowest BCUT2D eigenvalue weighted by Crippen LogP contribution is -2.41. The maximum atomic E-state index is 12.5. The maximum Gasteiger partial charge on any atom is 0.326 e. The van der Waals surface area contributed by atoms with Gasteiger partial charge in [-0.15, -0.1) is 11.3 Å². The highest BCUT2D eigenvalue weighted by Crippen LogP contribution is 2.30. The number of thiazole rings is 1. The van der Waals surface area contributed by atoms with Crippen LogP contribution in [-0.4, -0.2) is 28.0 Å². The Kier molecular flexibility index (Phi) is 5.97. The number of amides is 1. The number of carboxylic acid groups (broad SMARTS) is 1. The maximum absolute atomic E-state index is 12.5. The summed E-state index contributed by atoms with van der Waals surface area (Å²) in [5.41, 5.74) is 4.73. The molecule has 0 unspecified atom stereocenters. The van der Waals surface area contributed by atoms with Gasteiger partial charge in [0, 0.05) is 22.4 Å². The number of halogens is 1. The third-order valence-corrected chi connectivity index (χ3v) is 6.17. The van der Waals surface area contributed by atoms with Crippen molar-refractivity contribution >= 4 is 40.4 Å². The Morgan fingerprint density at radius 2 is 1.93 bits per heavy atom. The first-order valence-electron chi connectivity index (χ1n) is 9.49. The molecule has 1 aliphatic rings. The van der Waals surface area contributed by atoms with Gasteiger partial charge in [0.2, 0.25) is 5.91 Å². The predicted octanol–water partition coefficient (Wildman–Crippen LogP) is 4.61. The van der Waals surface area contributed by atoms with Crippen molar-refractivity contribution in [2.75, 3.05) is 0 Å². The molecule has 2 aromatic carbocycles. The lowest BCUT2D eigenvalue weighted by molar-refractivity contribution is -0.141. The van der Waals surface area contributed by atoms with Crippen molar-refractivity contribution in [1.82, 2.24) is 10.3 Å². The van der Waals surface area contributed by atoms with Crippen LogP contribution in [0, 0.1) is 0 Å². The lowest BCUT2D eigenvalue weighted by Gasteiger charge is -2.16. The van der Waals surface area contributed by atoms with Crippen LogP contribution in [0.2, 0.25) is 5.02 Å². The number of nitrogens with one attached hydrogen (secondary N) is 1. The average Bonchev–Trinajstić information content (AvgIpc) is 3.35. The smallest absolute Gasteiger partial charge is 0.326 e. The highest BCUT2D eigenvalue weighted by atomic mass is 35.5. The van der Waals surface area contributed by atoms with Crippen LogP contribution in [-0.2, 0) is 22.4 Å². The van der Waals surface area contributed by atoms with Gasteiger partial charge in [0.1, 0.15) is 11.0 Å². The fourth-order valence-corrected chi connectivity index (χ4v) is 4.44. The van der Waals surface area contributed by atoms with E-state index in [1.807, 2.05) is 47.9 Å². The van der Waals surface area contributed by atoms with Crippen molar-refractivity contribution in [3.63, 3.8) is 0 Å². The zero-order valence-electron chi connectivity index (χ0n) is 16.0. The number of hydrogen-bond acceptors (Lipinski definition) is 4. The molecule has 0 radical (unpaired) electrons. The fraction of sp³-hybridized carbons (Fsp3) is 0.174. The van der Waals surface area contributed by atoms with Crippen LogP contribution < -0.4 is 5.32 Å². The van der Waals surface area contributed by atoms with Gasteiger partial charge < -0.3 is 10.4 Å². The molecule has 0 saturated carbocycles. The zero-order chi connectivity index (χ0) is 21.1. The summed E-state index contributed by atoms with van der Waals surface area (Å²) in [6, 6.07) is 14.3. The molecule has 0 saturated heterocycles. The van der Waals surface area contributed by atoms with Gasteiger partial charge in [-0.2, -0.15) is 0 Å². The molecular weight excluding hydrogens is 420 g/mol. The van der Waals surface area contributed by atoms with E-state index < -0.39 is 12.0 Å². The lowest BCUT2D eigenvalue weighted by atomic mass is 9.99. The van der Waals surface area contributed by atoms with Gasteiger partial charge in [0.15, 0.2) is 0 Å². The van der Waals surface area contributed by atoms with Gasteiger partial charge in [0.05, 0.1) is 12.1 Å². The molecule has 1 heterocycles. The number of aromatic nitrogens is 1. The number of carbonyl (C=O) groups is 2. The van der Waals surface area contributed by atoms with E-state index in [4.69, 9.17) is 11.6 Å². The topological polar surface area (TPSA) is 79.3 Å². The Balaban J connectivity index is 1.40. The second-order valence-electron chi connectivity index (χ2n) is 7.08. The van der Waals surface area contributed by atoms with Crippen LogP contribution in [0.5, 0.6) is 0 Å².